The number of carbonyl (C=O) groups excluding carboxylic acids is 1. The molecule has 0 fully saturated rings. The Kier molecular flexibility index (Phi) is 6.16. The molecule has 6 heteroatoms. The number of Topliss-reactive ketones (excluding diaryl/α,β-unsaturated/α-hetero) is 1. The maximum absolute atomic E-state index is 12.0. The number of aromatic hydroxyl groups is 1. The monoisotopic (exact) mass is 300 g/mol. The second-order valence-electron chi connectivity index (χ2n) is 4.72. The Labute approximate surface area is 119 Å². The van der Waals surface area contributed by atoms with Gasteiger partial charge in [-0.1, -0.05) is 38.7 Å². The molecule has 0 spiro atoms. The van der Waals surface area contributed by atoms with Gasteiger partial charge in [-0.25, -0.2) is 0 Å². The lowest BCUT2D eigenvalue weighted by Crippen LogP contribution is -2.09. The van der Waals surface area contributed by atoms with E-state index in [9.17, 15) is 18.3 Å². The Morgan fingerprint density at radius 1 is 1.15 bits per heavy atom. The molecule has 0 radical (unpaired) electrons. The van der Waals surface area contributed by atoms with Gasteiger partial charge in [0.2, 0.25) is 0 Å². The van der Waals surface area contributed by atoms with Crippen molar-refractivity contribution >= 4 is 15.9 Å². The molecule has 112 valence electrons. The van der Waals surface area contributed by atoms with E-state index in [2.05, 4.69) is 6.92 Å². The van der Waals surface area contributed by atoms with E-state index in [1.54, 1.807) is 0 Å². The van der Waals surface area contributed by atoms with Crippen LogP contribution < -0.4 is 0 Å². The number of unbranched alkanes of at least 4 members (excludes halogenated alkanes) is 4. The van der Waals surface area contributed by atoms with Gasteiger partial charge in [-0.05, 0) is 18.6 Å². The van der Waals surface area contributed by atoms with Crippen LogP contribution in [0.2, 0.25) is 0 Å². The lowest BCUT2D eigenvalue weighted by Gasteiger charge is -2.08. The molecule has 0 heterocycles. The minimum absolute atomic E-state index is 0.150. The second-order valence-corrected chi connectivity index (χ2v) is 6.07. The highest BCUT2D eigenvalue weighted by molar-refractivity contribution is 7.86. The van der Waals surface area contributed by atoms with Crippen molar-refractivity contribution in [3.8, 4) is 5.75 Å². The highest BCUT2D eigenvalue weighted by Crippen LogP contribution is 2.27. The summed E-state index contributed by atoms with van der Waals surface area (Å²) in [4.78, 5) is 11.3. The molecule has 0 amide bonds. The van der Waals surface area contributed by atoms with Gasteiger partial charge >= 0.3 is 0 Å². The zero-order chi connectivity index (χ0) is 15.2. The van der Waals surface area contributed by atoms with Crippen molar-refractivity contribution in [3.63, 3.8) is 0 Å². The number of rotatable bonds is 8. The standard InChI is InChI=1S/C14H20O5S/c1-2-3-4-5-6-9-12(15)11-8-7-10-13(16)14(11)20(17,18)19/h7-8,10,16H,2-6,9H2,1H3,(H,17,18,19). The Balaban J connectivity index is 2.81. The molecule has 2 N–H and O–H groups in total. The molecular formula is C14H20O5S. The summed E-state index contributed by atoms with van der Waals surface area (Å²) in [5, 5.41) is 9.53. The van der Waals surface area contributed by atoms with Crippen LogP contribution in [0.5, 0.6) is 5.75 Å². The molecular weight excluding hydrogens is 280 g/mol. The zero-order valence-electron chi connectivity index (χ0n) is 11.5. The molecule has 20 heavy (non-hydrogen) atoms. The van der Waals surface area contributed by atoms with Crippen LogP contribution in [0.3, 0.4) is 0 Å². The van der Waals surface area contributed by atoms with Crippen molar-refractivity contribution in [1.29, 1.82) is 0 Å². The van der Waals surface area contributed by atoms with E-state index in [0.717, 1.165) is 31.7 Å². The van der Waals surface area contributed by atoms with Crippen LogP contribution in [0, 0.1) is 0 Å². The SMILES string of the molecule is CCCCCCCC(=O)c1cccc(O)c1S(=O)(=O)O. The summed E-state index contributed by atoms with van der Waals surface area (Å²) in [7, 11) is -4.62. The molecule has 1 aromatic carbocycles. The quantitative estimate of drug-likeness (QED) is 0.437. The van der Waals surface area contributed by atoms with Gasteiger partial charge in [-0.2, -0.15) is 8.42 Å². The average Bonchev–Trinajstić information content (AvgIpc) is 2.36. The molecule has 0 saturated carbocycles. The molecule has 0 bridgehead atoms. The summed E-state index contributed by atoms with van der Waals surface area (Å²) < 4.78 is 31.6. The van der Waals surface area contributed by atoms with Gasteiger partial charge < -0.3 is 5.11 Å². The third kappa shape index (κ3) is 4.61. The lowest BCUT2D eigenvalue weighted by molar-refractivity contribution is 0.0975. The first-order chi connectivity index (χ1) is 9.38. The number of benzene rings is 1. The van der Waals surface area contributed by atoms with Gasteiger partial charge in [0.1, 0.15) is 10.6 Å². The highest BCUT2D eigenvalue weighted by atomic mass is 32.2. The van der Waals surface area contributed by atoms with Crippen molar-refractivity contribution in [2.24, 2.45) is 0 Å². The first-order valence-electron chi connectivity index (χ1n) is 6.70. The van der Waals surface area contributed by atoms with E-state index in [1.807, 2.05) is 0 Å². The molecule has 0 aliphatic heterocycles. The highest BCUT2D eigenvalue weighted by Gasteiger charge is 2.23. The van der Waals surface area contributed by atoms with Gasteiger partial charge in [0.25, 0.3) is 10.1 Å². The van der Waals surface area contributed by atoms with Crippen molar-refractivity contribution in [2.75, 3.05) is 0 Å². The van der Waals surface area contributed by atoms with Crippen molar-refractivity contribution < 1.29 is 22.9 Å². The lowest BCUT2D eigenvalue weighted by atomic mass is 10.0. The molecule has 0 aliphatic rings. The van der Waals surface area contributed by atoms with Crippen LogP contribution in [0.4, 0.5) is 0 Å². The number of ketones is 1. The fourth-order valence-corrected chi connectivity index (χ4v) is 2.83. The van der Waals surface area contributed by atoms with E-state index < -0.39 is 20.8 Å². The Morgan fingerprint density at radius 3 is 2.40 bits per heavy atom. The Bertz CT molecular complexity index is 563. The first-order valence-corrected chi connectivity index (χ1v) is 8.14. The van der Waals surface area contributed by atoms with E-state index in [0.29, 0.717) is 6.42 Å². The first kappa shape index (κ1) is 16.7. The van der Waals surface area contributed by atoms with Gasteiger partial charge in [0, 0.05) is 12.0 Å². The molecule has 0 atom stereocenters. The summed E-state index contributed by atoms with van der Waals surface area (Å²) >= 11 is 0. The third-order valence-electron chi connectivity index (χ3n) is 3.06. The fraction of sp³-hybridized carbons (Fsp3) is 0.500. The van der Waals surface area contributed by atoms with Crippen LogP contribution in [-0.2, 0) is 10.1 Å². The van der Waals surface area contributed by atoms with Gasteiger partial charge in [-0.15, -0.1) is 0 Å². The summed E-state index contributed by atoms with van der Waals surface area (Å²) in [6.07, 6.45) is 5.02. The molecule has 5 nitrogen and oxygen atoms in total. The molecule has 0 unspecified atom stereocenters. The second kappa shape index (κ2) is 7.40. The van der Waals surface area contributed by atoms with Crippen LogP contribution in [0.1, 0.15) is 55.8 Å². The number of phenols is 1. The molecule has 0 saturated heterocycles. The summed E-state index contributed by atoms with van der Waals surface area (Å²) in [5.41, 5.74) is -0.150. The van der Waals surface area contributed by atoms with Crippen LogP contribution >= 0.6 is 0 Å². The minimum Gasteiger partial charge on any atom is -0.506 e. The maximum atomic E-state index is 12.0. The minimum atomic E-state index is -4.62. The Hall–Kier alpha value is -1.40. The smallest absolute Gasteiger partial charge is 0.298 e. The fourth-order valence-electron chi connectivity index (χ4n) is 2.04. The van der Waals surface area contributed by atoms with Crippen molar-refractivity contribution in [2.45, 2.75) is 50.3 Å². The van der Waals surface area contributed by atoms with Gasteiger partial charge in [-0.3, -0.25) is 9.35 Å². The number of carbonyl (C=O) groups is 1. The van der Waals surface area contributed by atoms with Crippen LogP contribution in [-0.4, -0.2) is 23.9 Å². The van der Waals surface area contributed by atoms with Crippen LogP contribution in [0.25, 0.3) is 0 Å². The normalized spacial score (nSPS) is 11.5. The largest absolute Gasteiger partial charge is 0.506 e. The number of phenolic OH excluding ortho intramolecular Hbond substituents is 1. The van der Waals surface area contributed by atoms with Crippen LogP contribution in [0.15, 0.2) is 23.1 Å². The molecule has 0 aliphatic carbocycles. The number of hydrogen-bond acceptors (Lipinski definition) is 4. The van der Waals surface area contributed by atoms with E-state index in [-0.39, 0.29) is 17.8 Å². The summed E-state index contributed by atoms with van der Waals surface area (Å²) in [6, 6.07) is 3.81. The van der Waals surface area contributed by atoms with E-state index in [4.69, 9.17) is 4.55 Å². The topological polar surface area (TPSA) is 91.7 Å². The zero-order valence-corrected chi connectivity index (χ0v) is 12.3. The molecule has 0 aromatic heterocycles. The maximum Gasteiger partial charge on any atom is 0.298 e. The summed E-state index contributed by atoms with van der Waals surface area (Å²) in [6.45, 7) is 2.09. The average molecular weight is 300 g/mol. The summed E-state index contributed by atoms with van der Waals surface area (Å²) in [5.74, 6) is -0.991. The third-order valence-corrected chi connectivity index (χ3v) is 4.00. The van der Waals surface area contributed by atoms with Crippen molar-refractivity contribution in [3.05, 3.63) is 23.8 Å². The van der Waals surface area contributed by atoms with Gasteiger partial charge in [0.15, 0.2) is 5.78 Å². The number of hydrogen-bond donors (Lipinski definition) is 2. The van der Waals surface area contributed by atoms with E-state index in [1.165, 1.54) is 12.1 Å². The predicted octanol–water partition coefficient (Wildman–Crippen LogP) is 3.18. The predicted molar refractivity (Wildman–Crippen MR) is 75.6 cm³/mol. The van der Waals surface area contributed by atoms with E-state index >= 15 is 0 Å². The van der Waals surface area contributed by atoms with Gasteiger partial charge in [0.05, 0.1) is 0 Å². The van der Waals surface area contributed by atoms with Crippen molar-refractivity contribution in [1.82, 2.24) is 0 Å². The molecule has 1 rings (SSSR count). The molecule has 1 aromatic rings. The Morgan fingerprint density at radius 2 is 1.80 bits per heavy atom.